The summed E-state index contributed by atoms with van der Waals surface area (Å²) in [4.78, 5) is 25.7. The highest BCUT2D eigenvalue weighted by Crippen LogP contribution is 2.43. The van der Waals surface area contributed by atoms with Crippen LogP contribution in [0.2, 0.25) is 0 Å². The van der Waals surface area contributed by atoms with Crippen LogP contribution in [0.1, 0.15) is 42.7 Å². The van der Waals surface area contributed by atoms with E-state index >= 15 is 0 Å². The van der Waals surface area contributed by atoms with Crippen LogP contribution in [-0.4, -0.2) is 40.6 Å². The van der Waals surface area contributed by atoms with E-state index in [-0.39, 0.29) is 29.1 Å². The smallest absolute Gasteiger partial charge is 0.343 e. The van der Waals surface area contributed by atoms with Crippen molar-refractivity contribution in [3.63, 3.8) is 0 Å². The fourth-order valence-electron chi connectivity index (χ4n) is 5.08. The maximum Gasteiger partial charge on any atom is 0.343 e. The summed E-state index contributed by atoms with van der Waals surface area (Å²) in [6.07, 6.45) is 1.63. The molecule has 0 amide bonds. The zero-order valence-electron chi connectivity index (χ0n) is 21.6. The number of nitrogens with zero attached hydrogens (tertiary/aromatic N) is 3. The van der Waals surface area contributed by atoms with Gasteiger partial charge in [-0.1, -0.05) is 56.3 Å². The molecule has 37 heavy (non-hydrogen) atoms. The van der Waals surface area contributed by atoms with Crippen LogP contribution >= 0.6 is 0 Å². The molecule has 0 aliphatic carbocycles. The molecule has 8 nitrogen and oxygen atoms in total. The summed E-state index contributed by atoms with van der Waals surface area (Å²) in [6, 6.07) is 17.2. The molecule has 5 rings (SSSR count). The van der Waals surface area contributed by atoms with Gasteiger partial charge >= 0.3 is 5.97 Å². The lowest BCUT2D eigenvalue weighted by atomic mass is 9.83. The Kier molecular flexibility index (Phi) is 6.60. The van der Waals surface area contributed by atoms with Crippen molar-refractivity contribution in [2.75, 3.05) is 20.3 Å². The fraction of sp³-hybridized carbons (Fsp3) is 0.345. The molecule has 2 aromatic carbocycles. The second kappa shape index (κ2) is 9.86. The van der Waals surface area contributed by atoms with Crippen molar-refractivity contribution in [3.05, 3.63) is 82.1 Å². The maximum absolute atomic E-state index is 13.1. The number of hydrogen-bond donors (Lipinski definition) is 0. The number of carbonyl (C=O) groups is 1. The van der Waals surface area contributed by atoms with Gasteiger partial charge in [-0.25, -0.2) is 4.79 Å². The number of carbonyl (C=O) groups excluding carboxylic acids is 1. The van der Waals surface area contributed by atoms with Crippen LogP contribution in [-0.2, 0) is 22.6 Å². The van der Waals surface area contributed by atoms with Gasteiger partial charge in [-0.2, -0.15) is 5.10 Å². The number of rotatable bonds is 8. The van der Waals surface area contributed by atoms with E-state index < -0.39 is 5.97 Å². The molecular formula is C29H31N3O5. The predicted molar refractivity (Wildman–Crippen MR) is 141 cm³/mol. The second-order valence-corrected chi connectivity index (χ2v) is 9.96. The average Bonchev–Trinajstić information content (AvgIpc) is 3.27. The van der Waals surface area contributed by atoms with E-state index in [0.717, 1.165) is 22.2 Å². The van der Waals surface area contributed by atoms with Gasteiger partial charge in [-0.3, -0.25) is 9.48 Å². The van der Waals surface area contributed by atoms with Crippen LogP contribution in [0.25, 0.3) is 22.3 Å². The lowest BCUT2D eigenvalue weighted by Crippen LogP contribution is -2.39. The molecule has 0 fully saturated rings. The first-order valence-corrected chi connectivity index (χ1v) is 12.4. The quantitative estimate of drug-likeness (QED) is 0.321. The molecule has 1 unspecified atom stereocenters. The highest BCUT2D eigenvalue weighted by atomic mass is 16.5. The summed E-state index contributed by atoms with van der Waals surface area (Å²) in [6.45, 7) is 7.58. The van der Waals surface area contributed by atoms with Gasteiger partial charge in [0.1, 0.15) is 23.4 Å². The zero-order valence-corrected chi connectivity index (χ0v) is 21.6. The Morgan fingerprint density at radius 2 is 1.92 bits per heavy atom. The molecule has 0 radical (unpaired) electrons. The zero-order chi connectivity index (χ0) is 26.2. The third-order valence-corrected chi connectivity index (χ3v) is 6.89. The minimum absolute atomic E-state index is 0.0213. The van der Waals surface area contributed by atoms with Crippen molar-refractivity contribution in [1.82, 2.24) is 14.3 Å². The van der Waals surface area contributed by atoms with Crippen molar-refractivity contribution in [2.24, 2.45) is 5.41 Å². The largest absolute Gasteiger partial charge is 0.487 e. The normalized spacial score (nSPS) is 14.8. The van der Waals surface area contributed by atoms with Crippen molar-refractivity contribution >= 4 is 16.9 Å². The molecule has 4 aromatic rings. The van der Waals surface area contributed by atoms with E-state index in [1.807, 2.05) is 57.8 Å². The third kappa shape index (κ3) is 4.53. The Bertz CT molecular complexity index is 1500. The molecule has 0 bridgehead atoms. The molecule has 0 N–H and O–H groups in total. The van der Waals surface area contributed by atoms with Crippen LogP contribution in [0.3, 0.4) is 0 Å². The molecule has 1 aliphatic heterocycles. The van der Waals surface area contributed by atoms with Gasteiger partial charge in [0.25, 0.3) is 0 Å². The summed E-state index contributed by atoms with van der Waals surface area (Å²) in [5.74, 6) is 0.0552. The van der Waals surface area contributed by atoms with E-state index in [0.29, 0.717) is 31.2 Å². The minimum Gasteiger partial charge on any atom is -0.487 e. The van der Waals surface area contributed by atoms with Crippen LogP contribution in [0.4, 0.5) is 0 Å². The molecule has 192 valence electrons. The molecule has 8 heteroatoms. The molecular weight excluding hydrogens is 470 g/mol. The van der Waals surface area contributed by atoms with Gasteiger partial charge in [-0.15, -0.1) is 0 Å². The first-order valence-electron chi connectivity index (χ1n) is 12.4. The van der Waals surface area contributed by atoms with E-state index in [2.05, 4.69) is 13.8 Å². The lowest BCUT2D eigenvalue weighted by Gasteiger charge is -2.40. The topological polar surface area (TPSA) is 84.6 Å². The van der Waals surface area contributed by atoms with Gasteiger partial charge < -0.3 is 18.8 Å². The molecule has 1 aliphatic rings. The van der Waals surface area contributed by atoms with E-state index in [1.165, 1.54) is 6.07 Å². The van der Waals surface area contributed by atoms with Crippen molar-refractivity contribution in [1.29, 1.82) is 0 Å². The number of esters is 1. The second-order valence-electron chi connectivity index (χ2n) is 9.96. The van der Waals surface area contributed by atoms with E-state index in [4.69, 9.17) is 19.3 Å². The molecule has 0 saturated carbocycles. The maximum atomic E-state index is 13.1. The summed E-state index contributed by atoms with van der Waals surface area (Å²) in [5.41, 5.74) is 2.62. The van der Waals surface area contributed by atoms with Crippen molar-refractivity contribution in [2.45, 2.75) is 40.0 Å². The molecule has 0 spiro atoms. The first-order chi connectivity index (χ1) is 17.8. The number of ether oxygens (including phenoxy) is 3. The first kappa shape index (κ1) is 24.8. The third-order valence-electron chi connectivity index (χ3n) is 6.89. The van der Waals surface area contributed by atoms with E-state index in [9.17, 15) is 9.59 Å². The lowest BCUT2D eigenvalue weighted by molar-refractivity contribution is 0.0499. The van der Waals surface area contributed by atoms with Gasteiger partial charge in [0.05, 0.1) is 37.2 Å². The SMILES string of the molecule is CCOC(=O)c1cn2c(cc1=O)-c1c3cccc(OCc4ccccc4)c3nn1CC2C(C)(C)COC. The van der Waals surface area contributed by atoms with Crippen LogP contribution in [0.5, 0.6) is 5.75 Å². The Morgan fingerprint density at radius 1 is 1.14 bits per heavy atom. The highest BCUT2D eigenvalue weighted by molar-refractivity contribution is 5.97. The summed E-state index contributed by atoms with van der Waals surface area (Å²) >= 11 is 0. The number of methoxy groups -OCH3 is 1. The van der Waals surface area contributed by atoms with Gasteiger partial charge in [-0.05, 0) is 18.6 Å². The van der Waals surface area contributed by atoms with Crippen LogP contribution < -0.4 is 10.2 Å². The van der Waals surface area contributed by atoms with Gasteiger partial charge in [0, 0.05) is 30.2 Å². The Labute approximate surface area is 215 Å². The number of benzene rings is 2. The number of pyridine rings is 1. The molecule has 2 aromatic heterocycles. The standard InChI is InChI=1S/C29H31N3O5/c1-5-36-28(34)21-15-31-22(14-23(21)33)27-20-12-9-13-24(37-17-19-10-7-6-8-11-19)26(20)30-32(27)16-25(31)29(2,3)18-35-4/h6-15,25H,5,16-18H2,1-4H3. The highest BCUT2D eigenvalue weighted by Gasteiger charge is 2.38. The van der Waals surface area contributed by atoms with Crippen molar-refractivity contribution < 1.29 is 19.0 Å². The van der Waals surface area contributed by atoms with Crippen LogP contribution in [0, 0.1) is 5.41 Å². The molecule has 0 saturated heterocycles. The fourth-order valence-corrected chi connectivity index (χ4v) is 5.08. The average molecular weight is 502 g/mol. The van der Waals surface area contributed by atoms with Gasteiger partial charge in [0.2, 0.25) is 0 Å². The minimum atomic E-state index is -0.619. The monoisotopic (exact) mass is 501 g/mol. The Morgan fingerprint density at radius 3 is 2.65 bits per heavy atom. The Hall–Kier alpha value is -3.91. The molecule has 3 heterocycles. The predicted octanol–water partition coefficient (Wildman–Crippen LogP) is 4.85. The number of aromatic nitrogens is 3. The summed E-state index contributed by atoms with van der Waals surface area (Å²) < 4.78 is 20.8. The van der Waals surface area contributed by atoms with Crippen molar-refractivity contribution in [3.8, 4) is 17.1 Å². The van der Waals surface area contributed by atoms with Gasteiger partial charge in [0.15, 0.2) is 5.43 Å². The Balaban J connectivity index is 1.66. The number of fused-ring (bicyclic) bond motifs is 5. The molecule has 1 atom stereocenters. The van der Waals surface area contributed by atoms with E-state index in [1.54, 1.807) is 20.2 Å². The van der Waals surface area contributed by atoms with Crippen LogP contribution in [0.15, 0.2) is 65.6 Å². The summed E-state index contributed by atoms with van der Waals surface area (Å²) in [7, 11) is 1.67. The number of hydrogen-bond acceptors (Lipinski definition) is 6. The summed E-state index contributed by atoms with van der Waals surface area (Å²) in [5, 5.41) is 5.83.